The topological polar surface area (TPSA) is 75.7 Å². The molecule has 0 spiro atoms. The molecule has 3 rings (SSSR count). The lowest BCUT2D eigenvalue weighted by molar-refractivity contribution is -0.120. The smallest absolute Gasteiger partial charge is 0.264 e. The Hall–Kier alpha value is -3.03. The van der Waals surface area contributed by atoms with Crippen LogP contribution < -0.4 is 14.4 Å². The third-order valence-electron chi connectivity index (χ3n) is 5.63. The van der Waals surface area contributed by atoms with E-state index >= 15 is 0 Å². The zero-order valence-electron chi connectivity index (χ0n) is 19.7. The largest absolute Gasteiger partial charge is 0.496 e. The number of benzene rings is 3. The predicted molar refractivity (Wildman–Crippen MR) is 136 cm³/mol. The fourth-order valence-corrected chi connectivity index (χ4v) is 5.29. The molecule has 3 aromatic carbocycles. The van der Waals surface area contributed by atoms with E-state index in [4.69, 9.17) is 16.3 Å². The predicted octanol–water partition coefficient (Wildman–Crippen LogP) is 5.43. The molecule has 0 aromatic heterocycles. The van der Waals surface area contributed by atoms with Gasteiger partial charge in [-0.25, -0.2) is 8.42 Å². The van der Waals surface area contributed by atoms with Gasteiger partial charge in [0.05, 0.1) is 23.7 Å². The van der Waals surface area contributed by atoms with Gasteiger partial charge in [0.1, 0.15) is 12.3 Å². The summed E-state index contributed by atoms with van der Waals surface area (Å²) in [7, 11) is -2.39. The second-order valence-electron chi connectivity index (χ2n) is 8.02. The van der Waals surface area contributed by atoms with Gasteiger partial charge in [-0.3, -0.25) is 9.10 Å². The van der Waals surface area contributed by atoms with Crippen LogP contribution in [0.1, 0.15) is 36.1 Å². The normalized spacial score (nSPS) is 12.1. The van der Waals surface area contributed by atoms with E-state index in [1.807, 2.05) is 39.0 Å². The lowest BCUT2D eigenvalue weighted by atomic mass is 10.0. The van der Waals surface area contributed by atoms with E-state index < -0.39 is 15.9 Å². The molecule has 1 atom stereocenters. The summed E-state index contributed by atoms with van der Waals surface area (Å²) >= 11 is 6.28. The number of hydrogen-bond acceptors (Lipinski definition) is 4. The van der Waals surface area contributed by atoms with Gasteiger partial charge in [-0.05, 0) is 67.3 Å². The molecule has 0 heterocycles. The number of sulfonamides is 1. The van der Waals surface area contributed by atoms with Crippen molar-refractivity contribution >= 4 is 33.2 Å². The molecule has 8 heteroatoms. The Morgan fingerprint density at radius 2 is 1.74 bits per heavy atom. The van der Waals surface area contributed by atoms with Crippen molar-refractivity contribution in [3.05, 3.63) is 88.4 Å². The first kappa shape index (κ1) is 25.6. The van der Waals surface area contributed by atoms with Crippen LogP contribution in [0, 0.1) is 13.8 Å². The number of amides is 1. The molecule has 0 aliphatic rings. The van der Waals surface area contributed by atoms with Gasteiger partial charge in [-0.15, -0.1) is 0 Å². The molecule has 34 heavy (non-hydrogen) atoms. The number of ether oxygens (including phenoxy) is 1. The Labute approximate surface area is 206 Å². The summed E-state index contributed by atoms with van der Waals surface area (Å²) in [6, 6.07) is 18.4. The summed E-state index contributed by atoms with van der Waals surface area (Å²) in [4.78, 5) is 13.2. The zero-order chi connectivity index (χ0) is 24.9. The Kier molecular flexibility index (Phi) is 8.23. The number of nitrogens with zero attached hydrogens (tertiary/aromatic N) is 1. The quantitative estimate of drug-likeness (QED) is 0.425. The van der Waals surface area contributed by atoms with Crippen LogP contribution in [-0.2, 0) is 14.8 Å². The van der Waals surface area contributed by atoms with Crippen molar-refractivity contribution < 1.29 is 17.9 Å². The number of carbonyl (C=O) groups excluding carboxylic acids is 1. The molecular weight excluding hydrogens is 472 g/mol. The summed E-state index contributed by atoms with van der Waals surface area (Å²) in [5, 5.41) is 3.40. The molecule has 0 bridgehead atoms. The average Bonchev–Trinajstić information content (AvgIpc) is 2.83. The summed E-state index contributed by atoms with van der Waals surface area (Å²) in [6.45, 7) is 5.34. The molecule has 0 saturated carbocycles. The first-order chi connectivity index (χ1) is 16.2. The van der Waals surface area contributed by atoms with Crippen molar-refractivity contribution in [2.45, 2.75) is 38.1 Å². The standard InChI is InChI=1S/C26H29ClN2O4S/c1-5-24(20-12-14-25(33-4)19(3)15-20)28-26(30)17-29(21-13-11-18(2)23(27)16-21)34(31,32)22-9-7-6-8-10-22/h6-16,24H,5,17H2,1-4H3,(H,28,30)/t24-/m1/s1. The van der Waals surface area contributed by atoms with Gasteiger partial charge >= 0.3 is 0 Å². The first-order valence-electron chi connectivity index (χ1n) is 10.9. The molecule has 0 fully saturated rings. The molecule has 3 aromatic rings. The summed E-state index contributed by atoms with van der Waals surface area (Å²) < 4.78 is 33.4. The molecular formula is C26H29ClN2O4S. The van der Waals surface area contributed by atoms with Crippen molar-refractivity contribution in [2.75, 3.05) is 18.0 Å². The lowest BCUT2D eigenvalue weighted by Gasteiger charge is -2.26. The molecule has 0 radical (unpaired) electrons. The molecule has 0 saturated heterocycles. The highest BCUT2D eigenvalue weighted by atomic mass is 35.5. The molecule has 0 unspecified atom stereocenters. The van der Waals surface area contributed by atoms with Gasteiger partial charge < -0.3 is 10.1 Å². The minimum absolute atomic E-state index is 0.0947. The summed E-state index contributed by atoms with van der Waals surface area (Å²) in [5.41, 5.74) is 3.01. The molecule has 0 aliphatic carbocycles. The van der Waals surface area contributed by atoms with Crippen LogP contribution in [0.2, 0.25) is 5.02 Å². The third kappa shape index (κ3) is 5.72. The van der Waals surface area contributed by atoms with Gasteiger partial charge in [0.25, 0.3) is 10.0 Å². The maximum Gasteiger partial charge on any atom is 0.264 e. The highest BCUT2D eigenvalue weighted by Gasteiger charge is 2.28. The van der Waals surface area contributed by atoms with Gasteiger partial charge in [-0.1, -0.05) is 54.9 Å². The van der Waals surface area contributed by atoms with Crippen LogP contribution >= 0.6 is 11.6 Å². The number of hydrogen-bond donors (Lipinski definition) is 1. The monoisotopic (exact) mass is 500 g/mol. The second kappa shape index (κ2) is 10.9. The Bertz CT molecular complexity index is 1260. The lowest BCUT2D eigenvalue weighted by Crippen LogP contribution is -2.42. The van der Waals surface area contributed by atoms with Crippen molar-refractivity contribution in [1.29, 1.82) is 0 Å². The van der Waals surface area contributed by atoms with Crippen LogP contribution in [0.4, 0.5) is 5.69 Å². The Balaban J connectivity index is 1.92. The molecule has 1 N–H and O–H groups in total. The number of carbonyl (C=O) groups is 1. The van der Waals surface area contributed by atoms with E-state index in [2.05, 4.69) is 5.32 Å². The zero-order valence-corrected chi connectivity index (χ0v) is 21.3. The summed E-state index contributed by atoms with van der Waals surface area (Å²) in [6.07, 6.45) is 0.638. The fourth-order valence-electron chi connectivity index (χ4n) is 3.68. The van der Waals surface area contributed by atoms with Crippen LogP contribution in [0.5, 0.6) is 5.75 Å². The van der Waals surface area contributed by atoms with Gasteiger partial charge in [0.15, 0.2) is 0 Å². The average molecular weight is 501 g/mol. The molecule has 0 aliphatic heterocycles. The Morgan fingerprint density at radius 3 is 2.32 bits per heavy atom. The number of methoxy groups -OCH3 is 1. The van der Waals surface area contributed by atoms with Gasteiger partial charge in [0.2, 0.25) is 5.91 Å². The summed E-state index contributed by atoms with van der Waals surface area (Å²) in [5.74, 6) is 0.345. The van der Waals surface area contributed by atoms with Crippen LogP contribution in [-0.4, -0.2) is 28.0 Å². The highest BCUT2D eigenvalue weighted by Crippen LogP contribution is 2.29. The number of rotatable bonds is 9. The van der Waals surface area contributed by atoms with E-state index in [0.717, 1.165) is 26.7 Å². The maximum absolute atomic E-state index is 13.5. The maximum atomic E-state index is 13.5. The van der Waals surface area contributed by atoms with Gasteiger partial charge in [0, 0.05) is 5.02 Å². The van der Waals surface area contributed by atoms with Crippen molar-refractivity contribution in [2.24, 2.45) is 0 Å². The minimum Gasteiger partial charge on any atom is -0.496 e. The van der Waals surface area contributed by atoms with Crippen LogP contribution in [0.15, 0.2) is 71.6 Å². The number of anilines is 1. The van der Waals surface area contributed by atoms with E-state index in [0.29, 0.717) is 17.1 Å². The molecule has 180 valence electrons. The minimum atomic E-state index is -4.00. The molecule has 1 amide bonds. The number of nitrogens with one attached hydrogen (secondary N) is 1. The van der Waals surface area contributed by atoms with E-state index in [1.54, 1.807) is 43.5 Å². The van der Waals surface area contributed by atoms with Crippen molar-refractivity contribution in [1.82, 2.24) is 5.32 Å². The SMILES string of the molecule is CC[C@@H](NC(=O)CN(c1ccc(C)c(Cl)c1)S(=O)(=O)c1ccccc1)c1ccc(OC)c(C)c1. The Morgan fingerprint density at radius 1 is 1.03 bits per heavy atom. The fraction of sp³-hybridized carbons (Fsp3) is 0.269. The van der Waals surface area contributed by atoms with E-state index in [9.17, 15) is 13.2 Å². The van der Waals surface area contributed by atoms with Crippen LogP contribution in [0.25, 0.3) is 0 Å². The van der Waals surface area contributed by atoms with Crippen LogP contribution in [0.3, 0.4) is 0 Å². The number of halogens is 1. The molecule has 6 nitrogen and oxygen atoms in total. The van der Waals surface area contributed by atoms with Crippen molar-refractivity contribution in [3.8, 4) is 5.75 Å². The second-order valence-corrected chi connectivity index (χ2v) is 10.3. The van der Waals surface area contributed by atoms with Gasteiger partial charge in [-0.2, -0.15) is 0 Å². The van der Waals surface area contributed by atoms with Crippen molar-refractivity contribution in [3.63, 3.8) is 0 Å². The number of aryl methyl sites for hydroxylation is 2. The first-order valence-corrected chi connectivity index (χ1v) is 12.8. The van der Waals surface area contributed by atoms with E-state index in [-0.39, 0.29) is 17.5 Å². The third-order valence-corrected chi connectivity index (χ3v) is 7.82. The van der Waals surface area contributed by atoms with E-state index in [1.165, 1.54) is 12.1 Å². The highest BCUT2D eigenvalue weighted by molar-refractivity contribution is 7.92.